The molecule has 0 radical (unpaired) electrons. The van der Waals surface area contributed by atoms with Gasteiger partial charge < -0.3 is 10.1 Å². The normalized spacial score (nSPS) is 14.2. The van der Waals surface area contributed by atoms with Crippen molar-refractivity contribution in [1.29, 1.82) is 0 Å². The second-order valence-electron chi connectivity index (χ2n) is 8.08. The van der Waals surface area contributed by atoms with E-state index in [2.05, 4.69) is 24.1 Å². The topological polar surface area (TPSA) is 42.3 Å². The number of halogens is 1. The Morgan fingerprint density at radius 1 is 1.17 bits per heavy atom. The van der Waals surface area contributed by atoms with Crippen LogP contribution in [-0.4, -0.2) is 34.4 Å². The standard InChI is InChI=1S/C24H29FN4O/c1-17(2)26-14-21-20-16-28(15-18-7-6-8-19(25)13-18)12-11-22(20)29(27-21)23-9-4-5-10-24(23)30-3/h4-10,13,17,26H,11-12,14-16H2,1-3H3. The van der Waals surface area contributed by atoms with E-state index in [1.165, 1.54) is 17.3 Å². The van der Waals surface area contributed by atoms with E-state index < -0.39 is 0 Å². The lowest BCUT2D eigenvalue weighted by atomic mass is 10.0. The molecule has 2 aromatic carbocycles. The molecule has 1 aliphatic heterocycles. The number of para-hydroxylation sites is 2. The van der Waals surface area contributed by atoms with Crippen LogP contribution in [0.3, 0.4) is 0 Å². The third-order valence-corrected chi connectivity index (χ3v) is 5.51. The molecule has 158 valence electrons. The molecule has 3 aromatic rings. The van der Waals surface area contributed by atoms with Crippen molar-refractivity contribution in [2.24, 2.45) is 0 Å². The summed E-state index contributed by atoms with van der Waals surface area (Å²) in [5, 5.41) is 8.49. The fourth-order valence-corrected chi connectivity index (χ4v) is 4.02. The van der Waals surface area contributed by atoms with E-state index in [-0.39, 0.29) is 5.82 Å². The smallest absolute Gasteiger partial charge is 0.144 e. The molecule has 0 saturated heterocycles. The highest BCUT2D eigenvalue weighted by atomic mass is 19.1. The monoisotopic (exact) mass is 408 g/mol. The number of fused-ring (bicyclic) bond motifs is 1. The van der Waals surface area contributed by atoms with Crippen molar-refractivity contribution in [3.8, 4) is 11.4 Å². The van der Waals surface area contributed by atoms with Crippen LogP contribution in [0.1, 0.15) is 36.4 Å². The molecule has 1 aromatic heterocycles. The van der Waals surface area contributed by atoms with Gasteiger partial charge in [-0.2, -0.15) is 5.10 Å². The molecular formula is C24H29FN4O. The molecule has 30 heavy (non-hydrogen) atoms. The molecule has 1 N–H and O–H groups in total. The van der Waals surface area contributed by atoms with E-state index in [9.17, 15) is 4.39 Å². The highest BCUT2D eigenvalue weighted by molar-refractivity contribution is 5.49. The maximum atomic E-state index is 13.6. The van der Waals surface area contributed by atoms with Crippen LogP contribution in [0.25, 0.3) is 5.69 Å². The van der Waals surface area contributed by atoms with E-state index in [0.717, 1.165) is 55.3 Å². The molecule has 1 aliphatic rings. The highest BCUT2D eigenvalue weighted by Crippen LogP contribution is 2.30. The van der Waals surface area contributed by atoms with E-state index >= 15 is 0 Å². The predicted molar refractivity (Wildman–Crippen MR) is 116 cm³/mol. The zero-order valence-electron chi connectivity index (χ0n) is 17.9. The van der Waals surface area contributed by atoms with Crippen molar-refractivity contribution < 1.29 is 9.13 Å². The minimum atomic E-state index is -0.184. The fraction of sp³-hybridized carbons (Fsp3) is 0.375. The van der Waals surface area contributed by atoms with Gasteiger partial charge in [0.15, 0.2) is 0 Å². The largest absolute Gasteiger partial charge is 0.494 e. The number of ether oxygens (including phenoxy) is 1. The lowest BCUT2D eigenvalue weighted by Crippen LogP contribution is -2.31. The molecule has 0 spiro atoms. The first-order chi connectivity index (χ1) is 14.5. The summed E-state index contributed by atoms with van der Waals surface area (Å²) in [7, 11) is 1.69. The van der Waals surface area contributed by atoms with Crippen LogP contribution in [0.15, 0.2) is 48.5 Å². The second kappa shape index (κ2) is 8.98. The number of hydrogen-bond acceptors (Lipinski definition) is 4. The summed E-state index contributed by atoms with van der Waals surface area (Å²) >= 11 is 0. The summed E-state index contributed by atoms with van der Waals surface area (Å²) in [5.74, 6) is 0.629. The Morgan fingerprint density at radius 2 is 2.00 bits per heavy atom. The molecule has 0 unspecified atom stereocenters. The van der Waals surface area contributed by atoms with Gasteiger partial charge in [-0.05, 0) is 29.8 Å². The van der Waals surface area contributed by atoms with Crippen molar-refractivity contribution >= 4 is 0 Å². The van der Waals surface area contributed by atoms with Crippen LogP contribution < -0.4 is 10.1 Å². The molecule has 2 heterocycles. The molecule has 4 rings (SSSR count). The Kier molecular flexibility index (Phi) is 6.16. The quantitative estimate of drug-likeness (QED) is 0.640. The number of rotatable bonds is 7. The number of aromatic nitrogens is 2. The predicted octanol–water partition coefficient (Wildman–Crippen LogP) is 4.08. The number of nitrogens with one attached hydrogen (secondary N) is 1. The van der Waals surface area contributed by atoms with Gasteiger partial charge in [0, 0.05) is 44.2 Å². The van der Waals surface area contributed by atoms with Gasteiger partial charge in [-0.15, -0.1) is 0 Å². The van der Waals surface area contributed by atoms with E-state index in [4.69, 9.17) is 9.84 Å². The molecule has 0 saturated carbocycles. The highest BCUT2D eigenvalue weighted by Gasteiger charge is 2.26. The van der Waals surface area contributed by atoms with Crippen LogP contribution >= 0.6 is 0 Å². The first-order valence-electron chi connectivity index (χ1n) is 10.5. The third-order valence-electron chi connectivity index (χ3n) is 5.51. The number of methoxy groups -OCH3 is 1. The van der Waals surface area contributed by atoms with E-state index in [1.54, 1.807) is 19.2 Å². The fourth-order valence-electron chi connectivity index (χ4n) is 4.02. The number of benzene rings is 2. The number of hydrogen-bond donors (Lipinski definition) is 1. The van der Waals surface area contributed by atoms with E-state index in [0.29, 0.717) is 6.04 Å². The van der Waals surface area contributed by atoms with Crippen molar-refractivity contribution in [2.45, 2.75) is 45.9 Å². The summed E-state index contributed by atoms with van der Waals surface area (Å²) in [6, 6.07) is 15.2. The van der Waals surface area contributed by atoms with Crippen molar-refractivity contribution in [3.05, 3.63) is 76.9 Å². The Labute approximate surface area is 177 Å². The van der Waals surface area contributed by atoms with Gasteiger partial charge in [0.1, 0.15) is 17.3 Å². The molecule has 0 fully saturated rings. The molecule has 0 aliphatic carbocycles. The molecule has 5 nitrogen and oxygen atoms in total. The summed E-state index contributed by atoms with van der Waals surface area (Å²) in [6.45, 7) is 7.43. The second-order valence-corrected chi connectivity index (χ2v) is 8.08. The molecule has 0 amide bonds. The zero-order valence-corrected chi connectivity index (χ0v) is 17.9. The van der Waals surface area contributed by atoms with Crippen LogP contribution in [0.5, 0.6) is 5.75 Å². The van der Waals surface area contributed by atoms with Crippen molar-refractivity contribution in [2.75, 3.05) is 13.7 Å². The summed E-state index contributed by atoms with van der Waals surface area (Å²) in [5.41, 5.74) is 5.52. The lowest BCUT2D eigenvalue weighted by molar-refractivity contribution is 0.242. The SMILES string of the molecule is COc1ccccc1-n1nc(CNC(C)C)c2c1CCN(Cc1cccc(F)c1)C2. The average molecular weight is 409 g/mol. The van der Waals surface area contributed by atoms with Gasteiger partial charge in [0.25, 0.3) is 0 Å². The number of nitrogens with zero attached hydrogens (tertiary/aromatic N) is 3. The maximum absolute atomic E-state index is 13.6. The van der Waals surface area contributed by atoms with Gasteiger partial charge in [0.05, 0.1) is 18.5 Å². The minimum Gasteiger partial charge on any atom is -0.494 e. The van der Waals surface area contributed by atoms with E-state index in [1.807, 2.05) is 35.0 Å². The Hall–Kier alpha value is -2.70. The summed E-state index contributed by atoms with van der Waals surface area (Å²) in [4.78, 5) is 2.37. The molecule has 0 atom stereocenters. The summed E-state index contributed by atoms with van der Waals surface area (Å²) in [6.07, 6.45) is 0.886. The summed E-state index contributed by atoms with van der Waals surface area (Å²) < 4.78 is 21.2. The van der Waals surface area contributed by atoms with Crippen molar-refractivity contribution in [1.82, 2.24) is 20.0 Å². The van der Waals surface area contributed by atoms with Crippen LogP contribution in [-0.2, 0) is 26.1 Å². The van der Waals surface area contributed by atoms with Crippen LogP contribution in [0.2, 0.25) is 0 Å². The Morgan fingerprint density at radius 3 is 2.77 bits per heavy atom. The minimum absolute atomic E-state index is 0.184. The first kappa shape index (κ1) is 20.6. The molecular weight excluding hydrogens is 379 g/mol. The van der Waals surface area contributed by atoms with Gasteiger partial charge in [0.2, 0.25) is 0 Å². The Bertz CT molecular complexity index is 1010. The average Bonchev–Trinajstić information content (AvgIpc) is 3.10. The lowest BCUT2D eigenvalue weighted by Gasteiger charge is -2.28. The molecule has 0 bridgehead atoms. The van der Waals surface area contributed by atoms with Crippen LogP contribution in [0.4, 0.5) is 4.39 Å². The van der Waals surface area contributed by atoms with Gasteiger partial charge in [-0.3, -0.25) is 4.90 Å². The van der Waals surface area contributed by atoms with Gasteiger partial charge >= 0.3 is 0 Å². The Balaban J connectivity index is 1.66. The van der Waals surface area contributed by atoms with Gasteiger partial charge in [-0.25, -0.2) is 9.07 Å². The molecule has 6 heteroatoms. The van der Waals surface area contributed by atoms with Crippen LogP contribution in [0, 0.1) is 5.82 Å². The van der Waals surface area contributed by atoms with Crippen molar-refractivity contribution in [3.63, 3.8) is 0 Å². The maximum Gasteiger partial charge on any atom is 0.144 e. The van der Waals surface area contributed by atoms with Gasteiger partial charge in [-0.1, -0.05) is 38.1 Å². The third kappa shape index (κ3) is 4.40. The first-order valence-corrected chi connectivity index (χ1v) is 10.5. The zero-order chi connectivity index (χ0) is 21.1.